The van der Waals surface area contributed by atoms with Crippen molar-refractivity contribution >= 4 is 45.6 Å². The van der Waals surface area contributed by atoms with Gasteiger partial charge in [0, 0.05) is 29.0 Å². The van der Waals surface area contributed by atoms with E-state index in [1.165, 1.54) is 17.8 Å². The molecule has 1 aromatic rings. The molecule has 1 aliphatic heterocycles. The Kier molecular flexibility index (Phi) is 5.92. The predicted octanol–water partition coefficient (Wildman–Crippen LogP) is 2.89. The number of amides is 1. The Morgan fingerprint density at radius 1 is 1.59 bits per heavy atom. The molecule has 2 N–H and O–H groups in total. The summed E-state index contributed by atoms with van der Waals surface area (Å²) >= 11 is 4.86. The molecule has 1 atom stereocenters. The van der Waals surface area contributed by atoms with E-state index in [1.54, 1.807) is 0 Å². The monoisotopic (exact) mass is 338 g/mol. The van der Waals surface area contributed by atoms with E-state index in [0.717, 1.165) is 28.7 Å². The number of piperidine rings is 1. The quantitative estimate of drug-likeness (QED) is 0.900. The van der Waals surface area contributed by atoms with Gasteiger partial charge in [-0.15, -0.1) is 23.7 Å². The molecule has 1 aromatic heterocycles. The summed E-state index contributed by atoms with van der Waals surface area (Å²) in [6.45, 7) is 1.41. The molecule has 1 unspecified atom stereocenters. The van der Waals surface area contributed by atoms with E-state index in [9.17, 15) is 4.79 Å². The molecule has 0 saturated carbocycles. The van der Waals surface area contributed by atoms with E-state index in [4.69, 9.17) is 5.73 Å². The SMILES string of the molecule is Cl.NCC1CCCCN1C(=O)c1cc(Br)cs1. The molecule has 0 aliphatic carbocycles. The summed E-state index contributed by atoms with van der Waals surface area (Å²) in [4.78, 5) is 15.0. The van der Waals surface area contributed by atoms with Gasteiger partial charge in [-0.05, 0) is 41.3 Å². The van der Waals surface area contributed by atoms with Crippen molar-refractivity contribution < 1.29 is 4.79 Å². The van der Waals surface area contributed by atoms with Crippen molar-refractivity contribution in [2.45, 2.75) is 25.3 Å². The first kappa shape index (κ1) is 15.0. The van der Waals surface area contributed by atoms with E-state index >= 15 is 0 Å². The molecule has 0 bridgehead atoms. The van der Waals surface area contributed by atoms with Crippen molar-refractivity contribution in [1.82, 2.24) is 4.90 Å². The van der Waals surface area contributed by atoms with Gasteiger partial charge in [0.1, 0.15) is 0 Å². The lowest BCUT2D eigenvalue weighted by Gasteiger charge is -2.34. The van der Waals surface area contributed by atoms with Crippen LogP contribution in [0.1, 0.15) is 28.9 Å². The van der Waals surface area contributed by atoms with Gasteiger partial charge in [-0.3, -0.25) is 4.79 Å². The number of halogens is 2. The maximum atomic E-state index is 12.2. The second kappa shape index (κ2) is 6.73. The van der Waals surface area contributed by atoms with Crippen LogP contribution in [0.5, 0.6) is 0 Å². The lowest BCUT2D eigenvalue weighted by Crippen LogP contribution is -2.47. The zero-order chi connectivity index (χ0) is 11.5. The Labute approximate surface area is 120 Å². The Morgan fingerprint density at radius 3 is 2.94 bits per heavy atom. The van der Waals surface area contributed by atoms with Gasteiger partial charge in [0.15, 0.2) is 0 Å². The molecular weight excluding hydrogens is 324 g/mol. The smallest absolute Gasteiger partial charge is 0.264 e. The minimum absolute atomic E-state index is 0. The topological polar surface area (TPSA) is 46.3 Å². The number of thiophene rings is 1. The Bertz CT molecular complexity index is 385. The van der Waals surface area contributed by atoms with E-state index in [2.05, 4.69) is 15.9 Å². The number of carbonyl (C=O) groups excluding carboxylic acids is 1. The largest absolute Gasteiger partial charge is 0.334 e. The maximum Gasteiger partial charge on any atom is 0.264 e. The van der Waals surface area contributed by atoms with E-state index < -0.39 is 0 Å². The molecule has 1 aliphatic rings. The highest BCUT2D eigenvalue weighted by Gasteiger charge is 2.27. The summed E-state index contributed by atoms with van der Waals surface area (Å²) in [5.41, 5.74) is 5.71. The van der Waals surface area contributed by atoms with E-state index in [1.807, 2.05) is 16.3 Å². The molecule has 2 heterocycles. The molecule has 0 radical (unpaired) electrons. The van der Waals surface area contributed by atoms with Crippen LogP contribution < -0.4 is 5.73 Å². The number of carbonyl (C=O) groups is 1. The van der Waals surface area contributed by atoms with Crippen LogP contribution in [-0.2, 0) is 0 Å². The van der Waals surface area contributed by atoms with Gasteiger partial charge in [-0.25, -0.2) is 0 Å². The molecule has 6 heteroatoms. The summed E-state index contributed by atoms with van der Waals surface area (Å²) < 4.78 is 0.974. The number of hydrogen-bond donors (Lipinski definition) is 1. The maximum absolute atomic E-state index is 12.2. The summed E-state index contributed by atoms with van der Waals surface area (Å²) in [6, 6.07) is 2.11. The van der Waals surface area contributed by atoms with Crippen molar-refractivity contribution in [2.24, 2.45) is 5.73 Å². The van der Waals surface area contributed by atoms with Gasteiger partial charge in [-0.1, -0.05) is 0 Å². The lowest BCUT2D eigenvalue weighted by atomic mass is 10.0. The molecule has 96 valence electrons. The number of nitrogens with zero attached hydrogens (tertiary/aromatic N) is 1. The third-order valence-electron chi connectivity index (χ3n) is 2.94. The van der Waals surface area contributed by atoms with Crippen LogP contribution in [-0.4, -0.2) is 29.9 Å². The standard InChI is InChI=1S/C11H15BrN2OS.ClH/c12-8-5-10(16-7-8)11(15)14-4-2-1-3-9(14)6-13;/h5,7,9H,1-4,6,13H2;1H. The summed E-state index contributed by atoms with van der Waals surface area (Å²) in [5.74, 6) is 0.130. The predicted molar refractivity (Wildman–Crippen MR) is 77.0 cm³/mol. The molecule has 1 fully saturated rings. The van der Waals surface area contributed by atoms with E-state index in [-0.39, 0.29) is 24.4 Å². The highest BCUT2D eigenvalue weighted by molar-refractivity contribution is 9.10. The fourth-order valence-electron chi connectivity index (χ4n) is 2.08. The van der Waals surface area contributed by atoms with E-state index in [0.29, 0.717) is 6.54 Å². The first-order valence-electron chi connectivity index (χ1n) is 5.47. The summed E-state index contributed by atoms with van der Waals surface area (Å²) in [6.07, 6.45) is 3.31. The van der Waals surface area contributed by atoms with Crippen LogP contribution in [0.3, 0.4) is 0 Å². The second-order valence-corrected chi connectivity index (χ2v) is 5.84. The van der Waals surface area contributed by atoms with Gasteiger partial charge in [-0.2, -0.15) is 0 Å². The lowest BCUT2D eigenvalue weighted by molar-refractivity contribution is 0.0628. The van der Waals surface area contributed by atoms with Gasteiger partial charge in [0.2, 0.25) is 0 Å². The van der Waals surface area contributed by atoms with Crippen molar-refractivity contribution in [3.05, 3.63) is 20.8 Å². The van der Waals surface area contributed by atoms with Crippen molar-refractivity contribution in [3.63, 3.8) is 0 Å². The van der Waals surface area contributed by atoms with Crippen LogP contribution >= 0.6 is 39.7 Å². The van der Waals surface area contributed by atoms with Crippen LogP contribution in [0.15, 0.2) is 15.9 Å². The molecule has 17 heavy (non-hydrogen) atoms. The fourth-order valence-corrected chi connectivity index (χ4v) is 3.46. The van der Waals surface area contributed by atoms with Crippen LogP contribution in [0.25, 0.3) is 0 Å². The first-order valence-corrected chi connectivity index (χ1v) is 7.14. The van der Waals surface area contributed by atoms with Gasteiger partial charge < -0.3 is 10.6 Å². The molecule has 0 aromatic carbocycles. The molecule has 1 saturated heterocycles. The average Bonchev–Trinajstić information content (AvgIpc) is 2.75. The van der Waals surface area contributed by atoms with Gasteiger partial charge in [0.25, 0.3) is 5.91 Å². The third kappa shape index (κ3) is 3.44. The van der Waals surface area contributed by atoms with Gasteiger partial charge in [0.05, 0.1) is 4.88 Å². The zero-order valence-electron chi connectivity index (χ0n) is 9.39. The Hall–Kier alpha value is -0.100. The number of likely N-dealkylation sites (tertiary alicyclic amines) is 1. The zero-order valence-corrected chi connectivity index (χ0v) is 12.6. The molecule has 1 amide bonds. The average molecular weight is 340 g/mol. The molecule has 0 spiro atoms. The summed E-state index contributed by atoms with van der Waals surface area (Å²) in [5, 5.41) is 1.94. The highest BCUT2D eigenvalue weighted by atomic mass is 79.9. The number of nitrogens with two attached hydrogens (primary N) is 1. The Balaban J connectivity index is 0.00000144. The van der Waals surface area contributed by atoms with Crippen LogP contribution in [0.2, 0.25) is 0 Å². The molecular formula is C11H16BrClN2OS. The van der Waals surface area contributed by atoms with Gasteiger partial charge >= 0.3 is 0 Å². The normalized spacial score (nSPS) is 19.9. The third-order valence-corrected chi connectivity index (χ3v) is 4.62. The number of hydrogen-bond acceptors (Lipinski definition) is 3. The van der Waals surface area contributed by atoms with Crippen molar-refractivity contribution in [2.75, 3.05) is 13.1 Å². The number of rotatable bonds is 2. The Morgan fingerprint density at radius 2 is 2.35 bits per heavy atom. The minimum atomic E-state index is 0. The van der Waals surface area contributed by atoms with Crippen LogP contribution in [0.4, 0.5) is 0 Å². The fraction of sp³-hybridized carbons (Fsp3) is 0.545. The molecule has 2 rings (SSSR count). The van der Waals surface area contributed by atoms with Crippen molar-refractivity contribution in [3.8, 4) is 0 Å². The minimum Gasteiger partial charge on any atom is -0.334 e. The molecule has 3 nitrogen and oxygen atoms in total. The second-order valence-electron chi connectivity index (χ2n) is 4.01. The summed E-state index contributed by atoms with van der Waals surface area (Å²) in [7, 11) is 0. The van der Waals surface area contributed by atoms with Crippen molar-refractivity contribution in [1.29, 1.82) is 0 Å². The first-order chi connectivity index (χ1) is 7.72. The highest BCUT2D eigenvalue weighted by Crippen LogP contribution is 2.24. The van der Waals surface area contributed by atoms with Crippen LogP contribution in [0, 0.1) is 0 Å².